The summed E-state index contributed by atoms with van der Waals surface area (Å²) in [6, 6.07) is -1.32. The molecule has 0 fully saturated rings. The first-order valence-corrected chi connectivity index (χ1v) is 2.78. The van der Waals surface area contributed by atoms with Crippen LogP contribution >= 0.6 is 0 Å². The monoisotopic (exact) mass is 158 g/mol. The van der Waals surface area contributed by atoms with E-state index in [0.29, 0.717) is 0 Å². The van der Waals surface area contributed by atoms with E-state index < -0.39 is 17.6 Å². The summed E-state index contributed by atoms with van der Waals surface area (Å²) in [5.41, 5.74) is 4.27. The van der Waals surface area contributed by atoms with Crippen LogP contribution in [0.15, 0.2) is 15.5 Å². The summed E-state index contributed by atoms with van der Waals surface area (Å²) in [7, 11) is 0. The van der Waals surface area contributed by atoms with Crippen LogP contribution < -0.4 is 11.4 Å². The van der Waals surface area contributed by atoms with Gasteiger partial charge in [-0.2, -0.15) is 0 Å². The molecule has 1 rings (SSSR count). The smallest absolute Gasteiger partial charge is 0.362 e. The number of carbonyl (C=O) groups is 1. The van der Waals surface area contributed by atoms with Crippen LogP contribution in [0.25, 0.3) is 0 Å². The van der Waals surface area contributed by atoms with Crippen molar-refractivity contribution in [3.63, 3.8) is 0 Å². The Bertz CT molecular complexity index is 312. The highest BCUT2D eigenvalue weighted by Gasteiger charge is 2.19. The van der Waals surface area contributed by atoms with E-state index in [1.165, 1.54) is 0 Å². The highest BCUT2D eigenvalue weighted by molar-refractivity contribution is 5.74. The molecule has 0 aliphatic heterocycles. The molecule has 1 atom stereocenters. The number of carboxylic acid groups (broad SMARTS) is 1. The topological polar surface area (TPSA) is 109 Å². The Labute approximate surface area is 60.6 Å². The Morgan fingerprint density at radius 1 is 1.82 bits per heavy atom. The number of aromatic nitrogens is 1. The Hall–Kier alpha value is -1.56. The fraction of sp³-hybridized carbons (Fsp3) is 0.200. The number of hydrogen-bond donors (Lipinski definition) is 3. The molecule has 11 heavy (non-hydrogen) atoms. The molecule has 0 saturated carbocycles. The van der Waals surface area contributed by atoms with E-state index in [2.05, 4.69) is 9.68 Å². The first kappa shape index (κ1) is 7.55. The lowest BCUT2D eigenvalue weighted by atomic mass is 10.2. The van der Waals surface area contributed by atoms with Gasteiger partial charge in [0.1, 0.15) is 6.04 Å². The fourth-order valence-corrected chi connectivity index (χ4v) is 0.614. The van der Waals surface area contributed by atoms with E-state index in [4.69, 9.17) is 10.8 Å². The van der Waals surface area contributed by atoms with Gasteiger partial charge in [-0.05, 0) is 0 Å². The minimum atomic E-state index is -1.32. The highest BCUT2D eigenvalue weighted by Crippen LogP contribution is 2.02. The lowest BCUT2D eigenvalue weighted by molar-refractivity contribution is -0.138. The van der Waals surface area contributed by atoms with Crippen molar-refractivity contribution in [3.8, 4) is 0 Å². The van der Waals surface area contributed by atoms with Crippen LogP contribution in [0.3, 0.4) is 0 Å². The maximum absolute atomic E-state index is 10.6. The van der Waals surface area contributed by atoms with Crippen molar-refractivity contribution in [2.45, 2.75) is 6.04 Å². The molecular formula is C5H6N2O4. The van der Waals surface area contributed by atoms with Crippen molar-refractivity contribution in [3.05, 3.63) is 22.2 Å². The van der Waals surface area contributed by atoms with Gasteiger partial charge in [0.2, 0.25) is 0 Å². The molecule has 60 valence electrons. The van der Waals surface area contributed by atoms with Gasteiger partial charge in [-0.25, -0.2) is 9.95 Å². The third-order valence-corrected chi connectivity index (χ3v) is 1.20. The maximum Gasteiger partial charge on any atom is 0.362 e. The van der Waals surface area contributed by atoms with E-state index in [1.54, 1.807) is 0 Å². The van der Waals surface area contributed by atoms with Crippen molar-refractivity contribution in [2.75, 3.05) is 0 Å². The van der Waals surface area contributed by atoms with Gasteiger partial charge in [-0.1, -0.05) is 0 Å². The molecule has 6 heteroatoms. The minimum Gasteiger partial charge on any atom is -0.480 e. The summed E-state index contributed by atoms with van der Waals surface area (Å²) in [4.78, 5) is 20.9. The predicted molar refractivity (Wildman–Crippen MR) is 33.9 cm³/mol. The standard InChI is InChI=1S/C5H6N2O4/c6-3(4(8)9)2-1-7-11-5(2)10/h1,3,7H,6H2,(H,8,9). The summed E-state index contributed by atoms with van der Waals surface area (Å²) in [6.45, 7) is 0. The molecule has 6 nitrogen and oxygen atoms in total. The molecule has 1 aromatic heterocycles. The second-order valence-electron chi connectivity index (χ2n) is 1.92. The summed E-state index contributed by atoms with van der Waals surface area (Å²) >= 11 is 0. The molecule has 0 aliphatic rings. The van der Waals surface area contributed by atoms with Crippen molar-refractivity contribution in [2.24, 2.45) is 5.73 Å². The third-order valence-electron chi connectivity index (χ3n) is 1.20. The van der Waals surface area contributed by atoms with Crippen molar-refractivity contribution in [1.29, 1.82) is 0 Å². The van der Waals surface area contributed by atoms with E-state index in [-0.39, 0.29) is 5.56 Å². The third kappa shape index (κ3) is 1.30. The molecule has 0 amide bonds. The molecule has 0 saturated heterocycles. The molecule has 1 heterocycles. The number of carboxylic acids is 1. The quantitative estimate of drug-likeness (QED) is 0.514. The van der Waals surface area contributed by atoms with Crippen LogP contribution in [0.2, 0.25) is 0 Å². The molecular weight excluding hydrogens is 152 g/mol. The van der Waals surface area contributed by atoms with Crippen LogP contribution in [0.4, 0.5) is 0 Å². The Morgan fingerprint density at radius 3 is 2.82 bits per heavy atom. The number of H-pyrrole nitrogens is 1. The first-order chi connectivity index (χ1) is 5.13. The first-order valence-electron chi connectivity index (χ1n) is 2.78. The number of nitrogens with two attached hydrogens (primary N) is 1. The van der Waals surface area contributed by atoms with Gasteiger partial charge in [0.05, 0.1) is 5.56 Å². The largest absolute Gasteiger partial charge is 0.480 e. The molecule has 1 aromatic rings. The van der Waals surface area contributed by atoms with E-state index in [1.807, 2.05) is 0 Å². The second kappa shape index (κ2) is 2.59. The minimum absolute atomic E-state index is 0.0856. The molecule has 0 radical (unpaired) electrons. The summed E-state index contributed by atoms with van der Waals surface area (Å²) in [6.07, 6.45) is 1.13. The van der Waals surface area contributed by atoms with Gasteiger partial charge < -0.3 is 15.4 Å². The van der Waals surface area contributed by atoms with Crippen molar-refractivity contribution < 1.29 is 14.4 Å². The fourth-order valence-electron chi connectivity index (χ4n) is 0.614. The molecule has 0 aromatic carbocycles. The number of nitrogens with one attached hydrogen (secondary N) is 1. The number of rotatable bonds is 2. The molecule has 0 spiro atoms. The van der Waals surface area contributed by atoms with Gasteiger partial charge in [-0.15, -0.1) is 0 Å². The molecule has 0 bridgehead atoms. The van der Waals surface area contributed by atoms with Gasteiger partial charge >= 0.3 is 11.6 Å². The number of aromatic amines is 1. The zero-order valence-electron chi connectivity index (χ0n) is 5.40. The predicted octanol–water partition coefficient (Wildman–Crippen LogP) is -0.948. The summed E-state index contributed by atoms with van der Waals surface area (Å²) < 4.78 is 4.21. The highest BCUT2D eigenvalue weighted by atomic mass is 16.5. The Morgan fingerprint density at radius 2 is 2.45 bits per heavy atom. The molecule has 0 aliphatic carbocycles. The van der Waals surface area contributed by atoms with Gasteiger partial charge in [-0.3, -0.25) is 4.79 Å². The molecule has 4 N–H and O–H groups in total. The normalized spacial score (nSPS) is 12.8. The average molecular weight is 158 g/mol. The van der Waals surface area contributed by atoms with Crippen LogP contribution in [-0.2, 0) is 4.79 Å². The Balaban J connectivity index is 3.02. The second-order valence-corrected chi connectivity index (χ2v) is 1.92. The van der Waals surface area contributed by atoms with E-state index in [0.717, 1.165) is 6.20 Å². The van der Waals surface area contributed by atoms with Crippen LogP contribution in [0.5, 0.6) is 0 Å². The van der Waals surface area contributed by atoms with Crippen molar-refractivity contribution in [1.82, 2.24) is 5.16 Å². The van der Waals surface area contributed by atoms with Crippen molar-refractivity contribution >= 4 is 5.97 Å². The Kier molecular flexibility index (Phi) is 1.77. The van der Waals surface area contributed by atoms with Crippen LogP contribution in [0.1, 0.15) is 11.6 Å². The van der Waals surface area contributed by atoms with E-state index >= 15 is 0 Å². The summed E-state index contributed by atoms with van der Waals surface area (Å²) in [5.74, 6) is -1.27. The van der Waals surface area contributed by atoms with E-state index in [9.17, 15) is 9.59 Å². The van der Waals surface area contributed by atoms with Gasteiger partial charge in [0.15, 0.2) is 0 Å². The van der Waals surface area contributed by atoms with Crippen LogP contribution in [-0.4, -0.2) is 16.2 Å². The average Bonchev–Trinajstić information content (AvgIpc) is 2.33. The van der Waals surface area contributed by atoms with Gasteiger partial charge in [0, 0.05) is 6.20 Å². The zero-order chi connectivity index (χ0) is 8.43. The lowest BCUT2D eigenvalue weighted by Gasteiger charge is -1.97. The number of hydrogen-bond acceptors (Lipinski definition) is 4. The lowest BCUT2D eigenvalue weighted by Crippen LogP contribution is -2.24. The summed E-state index contributed by atoms with van der Waals surface area (Å²) in [5, 5.41) is 10.5. The molecule has 1 unspecified atom stereocenters. The van der Waals surface area contributed by atoms with Crippen LogP contribution in [0, 0.1) is 0 Å². The maximum atomic E-state index is 10.6. The van der Waals surface area contributed by atoms with Gasteiger partial charge in [0.25, 0.3) is 0 Å². The zero-order valence-corrected chi connectivity index (χ0v) is 5.40. The SMILES string of the molecule is NC(C(=O)O)c1c[nH]oc1=O. The number of aliphatic carboxylic acids is 1.